The smallest absolute Gasteiger partial charge is 0.0901 e. The van der Waals surface area contributed by atoms with Crippen molar-refractivity contribution in [1.29, 1.82) is 0 Å². The van der Waals surface area contributed by atoms with E-state index < -0.39 is 0 Å². The first-order valence-electron chi connectivity index (χ1n) is 11.8. The monoisotopic (exact) mass is 429 g/mol. The predicted molar refractivity (Wildman–Crippen MR) is 138 cm³/mol. The van der Waals surface area contributed by atoms with Gasteiger partial charge in [-0.05, 0) is 82.9 Å². The first kappa shape index (κ1) is 23.8. The van der Waals surface area contributed by atoms with E-state index >= 15 is 0 Å². The van der Waals surface area contributed by atoms with Gasteiger partial charge in [-0.15, -0.1) is 0 Å². The molecular weight excluding hydrogens is 390 g/mol. The van der Waals surface area contributed by atoms with Crippen LogP contribution in [0.5, 0.6) is 0 Å². The maximum absolute atomic E-state index is 5.36. The van der Waals surface area contributed by atoms with Crippen molar-refractivity contribution in [3.05, 3.63) is 88.5 Å². The zero-order valence-corrected chi connectivity index (χ0v) is 21.1. The van der Waals surface area contributed by atoms with Gasteiger partial charge in [-0.1, -0.05) is 44.2 Å². The maximum atomic E-state index is 5.36. The van der Waals surface area contributed by atoms with Gasteiger partial charge in [-0.3, -0.25) is 4.99 Å². The summed E-state index contributed by atoms with van der Waals surface area (Å²) in [5.74, 6) is 0.490. The minimum absolute atomic E-state index is 0.0996. The number of hydrogen-bond acceptors (Lipinski definition) is 1. The fraction of sp³-hybridized carbons (Fsp3) is 0.414. The number of benzene rings is 1. The fourth-order valence-corrected chi connectivity index (χ4v) is 4.47. The highest BCUT2D eigenvalue weighted by Crippen LogP contribution is 2.28. The molecule has 3 nitrogen and oxygen atoms in total. The molecule has 1 atom stereocenters. The molecule has 0 aliphatic rings. The lowest BCUT2D eigenvalue weighted by atomic mass is 10.0. The molecule has 0 fully saturated rings. The van der Waals surface area contributed by atoms with Crippen LogP contribution in [0.4, 0.5) is 5.69 Å². The highest BCUT2D eigenvalue weighted by atomic mass is 15.0. The number of para-hydroxylation sites is 1. The first-order chi connectivity index (χ1) is 15.2. The summed E-state index contributed by atoms with van der Waals surface area (Å²) in [7, 11) is 0. The normalized spacial score (nSPS) is 13.5. The van der Waals surface area contributed by atoms with Crippen LogP contribution in [0.1, 0.15) is 60.2 Å². The third-order valence-electron chi connectivity index (χ3n) is 6.33. The summed E-state index contributed by atoms with van der Waals surface area (Å²) in [6.45, 7) is 18.5. The van der Waals surface area contributed by atoms with Crippen LogP contribution in [0, 0.1) is 47.5 Å². The summed E-state index contributed by atoms with van der Waals surface area (Å²) in [4.78, 5) is 5.36. The summed E-state index contributed by atoms with van der Waals surface area (Å²) in [5.41, 5.74) is 9.90. The van der Waals surface area contributed by atoms with Crippen molar-refractivity contribution in [2.75, 3.05) is 0 Å². The van der Waals surface area contributed by atoms with E-state index in [1.807, 2.05) is 0 Å². The average Bonchev–Trinajstić information content (AvgIpc) is 3.23. The van der Waals surface area contributed by atoms with E-state index in [2.05, 4.69) is 119 Å². The second kappa shape index (κ2) is 10.2. The third kappa shape index (κ3) is 5.32. The van der Waals surface area contributed by atoms with Crippen molar-refractivity contribution < 1.29 is 0 Å². The Hall–Kier alpha value is -2.81. The molecule has 3 heteroatoms. The van der Waals surface area contributed by atoms with E-state index in [9.17, 15) is 0 Å². The summed E-state index contributed by atoms with van der Waals surface area (Å²) >= 11 is 0. The van der Waals surface area contributed by atoms with Crippen LogP contribution in [0.3, 0.4) is 0 Å². The SMILES string of the molecule is Cc1cccc(C)c1N=C(CCn1c(C)ccc1C)[C@H](/C=C/C(C)C)n1c(C)ccc1C. The van der Waals surface area contributed by atoms with Crippen LogP contribution in [-0.2, 0) is 6.54 Å². The Morgan fingerprint density at radius 3 is 1.84 bits per heavy atom. The van der Waals surface area contributed by atoms with Crippen LogP contribution in [0.25, 0.3) is 0 Å². The molecule has 0 bridgehead atoms. The lowest BCUT2D eigenvalue weighted by Crippen LogP contribution is -2.22. The summed E-state index contributed by atoms with van der Waals surface area (Å²) in [6.07, 6.45) is 5.57. The molecule has 3 aromatic rings. The van der Waals surface area contributed by atoms with Crippen molar-refractivity contribution in [2.24, 2.45) is 10.9 Å². The molecule has 0 N–H and O–H groups in total. The van der Waals surface area contributed by atoms with E-state index in [0.717, 1.165) is 18.7 Å². The molecule has 2 aromatic heterocycles. The number of aromatic nitrogens is 2. The highest BCUT2D eigenvalue weighted by molar-refractivity contribution is 5.92. The Balaban J connectivity index is 2.14. The highest BCUT2D eigenvalue weighted by Gasteiger charge is 2.20. The topological polar surface area (TPSA) is 22.2 Å². The molecule has 1 aromatic carbocycles. The molecule has 0 saturated heterocycles. The Morgan fingerprint density at radius 2 is 1.31 bits per heavy atom. The number of nitrogens with zero attached hydrogens (tertiary/aromatic N) is 3. The largest absolute Gasteiger partial charge is 0.349 e. The van der Waals surface area contributed by atoms with Crippen LogP contribution in [0.15, 0.2) is 59.6 Å². The molecule has 0 radical (unpaired) electrons. The van der Waals surface area contributed by atoms with Crippen molar-refractivity contribution in [2.45, 2.75) is 74.4 Å². The van der Waals surface area contributed by atoms with Crippen molar-refractivity contribution in [1.82, 2.24) is 9.13 Å². The quantitative estimate of drug-likeness (QED) is 0.258. The zero-order valence-electron chi connectivity index (χ0n) is 21.1. The number of rotatable bonds is 8. The van der Waals surface area contributed by atoms with E-state index in [0.29, 0.717) is 5.92 Å². The van der Waals surface area contributed by atoms with Gasteiger partial charge in [0.05, 0.1) is 11.7 Å². The standard InChI is InChI=1S/C29H39N3/c1-20(2)12-17-28(32-25(7)15-16-26(32)8)27(18-19-31-23(5)13-14-24(31)6)30-29-21(3)10-9-11-22(29)4/h9-17,20,28H,18-19H2,1-8H3/b17-12+,30-27?/t28-/m0/s1. The van der Waals surface area contributed by atoms with E-state index in [1.165, 1.54) is 39.6 Å². The molecule has 0 unspecified atom stereocenters. The molecule has 3 rings (SSSR count). The van der Waals surface area contributed by atoms with Crippen LogP contribution in [-0.4, -0.2) is 14.8 Å². The Morgan fingerprint density at radius 1 is 0.781 bits per heavy atom. The minimum Gasteiger partial charge on any atom is -0.349 e. The molecule has 32 heavy (non-hydrogen) atoms. The van der Waals surface area contributed by atoms with Crippen LogP contribution >= 0.6 is 0 Å². The van der Waals surface area contributed by atoms with E-state index in [4.69, 9.17) is 4.99 Å². The van der Waals surface area contributed by atoms with E-state index in [1.54, 1.807) is 0 Å². The van der Waals surface area contributed by atoms with Gasteiger partial charge in [-0.25, -0.2) is 0 Å². The van der Waals surface area contributed by atoms with Gasteiger partial charge in [0.2, 0.25) is 0 Å². The van der Waals surface area contributed by atoms with Crippen LogP contribution in [0.2, 0.25) is 0 Å². The second-order valence-electron chi connectivity index (χ2n) is 9.42. The first-order valence-corrected chi connectivity index (χ1v) is 11.8. The van der Waals surface area contributed by atoms with E-state index in [-0.39, 0.29) is 6.04 Å². The van der Waals surface area contributed by atoms with Gasteiger partial charge in [0.1, 0.15) is 0 Å². The molecule has 0 aliphatic heterocycles. The molecular formula is C29H39N3. The van der Waals surface area contributed by atoms with Crippen molar-refractivity contribution in [3.8, 4) is 0 Å². The molecule has 0 aliphatic carbocycles. The number of aryl methyl sites for hydroxylation is 6. The molecule has 0 saturated carbocycles. The summed E-state index contributed by atoms with van der Waals surface area (Å²) in [6, 6.07) is 15.4. The Kier molecular flexibility index (Phi) is 7.60. The molecule has 0 spiro atoms. The molecule has 170 valence electrons. The van der Waals surface area contributed by atoms with Crippen LogP contribution < -0.4 is 0 Å². The Labute approximate surface area is 194 Å². The minimum atomic E-state index is 0.0996. The van der Waals surface area contributed by atoms with Gasteiger partial charge < -0.3 is 9.13 Å². The Bertz CT molecular complexity index is 1060. The van der Waals surface area contributed by atoms with Gasteiger partial charge in [0.25, 0.3) is 0 Å². The zero-order chi connectivity index (χ0) is 23.4. The fourth-order valence-electron chi connectivity index (χ4n) is 4.47. The number of hydrogen-bond donors (Lipinski definition) is 0. The van der Waals surface area contributed by atoms with Gasteiger partial charge in [0.15, 0.2) is 0 Å². The average molecular weight is 430 g/mol. The second-order valence-corrected chi connectivity index (χ2v) is 9.42. The number of allylic oxidation sites excluding steroid dienone is 2. The van der Waals surface area contributed by atoms with Crippen molar-refractivity contribution >= 4 is 11.4 Å². The lowest BCUT2D eigenvalue weighted by molar-refractivity contribution is 0.648. The molecule has 2 heterocycles. The maximum Gasteiger partial charge on any atom is 0.0901 e. The van der Waals surface area contributed by atoms with Crippen molar-refractivity contribution in [3.63, 3.8) is 0 Å². The lowest BCUT2D eigenvalue weighted by Gasteiger charge is -2.24. The van der Waals surface area contributed by atoms with Gasteiger partial charge in [0, 0.05) is 41.5 Å². The summed E-state index contributed by atoms with van der Waals surface area (Å²) < 4.78 is 4.83. The molecule has 0 amide bonds. The predicted octanol–water partition coefficient (Wildman–Crippen LogP) is 7.76. The van der Waals surface area contributed by atoms with Gasteiger partial charge in [-0.2, -0.15) is 0 Å². The number of aliphatic imine (C=N–C) groups is 1. The third-order valence-corrected chi connectivity index (χ3v) is 6.33. The summed E-state index contributed by atoms with van der Waals surface area (Å²) in [5, 5.41) is 0. The van der Waals surface area contributed by atoms with Gasteiger partial charge >= 0.3 is 0 Å².